The van der Waals surface area contributed by atoms with Crippen molar-refractivity contribution < 1.29 is 0 Å². The summed E-state index contributed by atoms with van der Waals surface area (Å²) in [4.78, 5) is 0. The highest BCUT2D eigenvalue weighted by molar-refractivity contribution is 9.10. The van der Waals surface area contributed by atoms with Gasteiger partial charge in [0.05, 0.1) is 11.7 Å². The topological polar surface area (TPSA) is 55.9 Å². The van der Waals surface area contributed by atoms with E-state index >= 15 is 0 Å². The van der Waals surface area contributed by atoms with Crippen LogP contribution in [0, 0.1) is 0 Å². The minimum Gasteiger partial charge on any atom is -0.275 e. The maximum atomic E-state index is 5.60. The molecule has 0 amide bonds. The molecule has 0 aliphatic heterocycles. The van der Waals surface area contributed by atoms with Crippen LogP contribution < -0.4 is 11.3 Å². The van der Waals surface area contributed by atoms with Gasteiger partial charge in [0, 0.05) is 17.7 Å². The van der Waals surface area contributed by atoms with Gasteiger partial charge in [-0.15, -0.1) is 0 Å². The van der Waals surface area contributed by atoms with Crippen LogP contribution in [0.15, 0.2) is 41.0 Å². The first-order chi connectivity index (χ1) is 8.20. The highest BCUT2D eigenvalue weighted by Gasteiger charge is 2.14. The van der Waals surface area contributed by atoms with Gasteiger partial charge in [-0.2, -0.15) is 5.10 Å². The van der Waals surface area contributed by atoms with Gasteiger partial charge < -0.3 is 0 Å². The van der Waals surface area contributed by atoms with Crippen LogP contribution in [-0.4, -0.2) is 9.78 Å². The molecule has 2 rings (SSSR count). The summed E-state index contributed by atoms with van der Waals surface area (Å²) in [5.41, 5.74) is 4.97. The van der Waals surface area contributed by atoms with E-state index < -0.39 is 0 Å². The van der Waals surface area contributed by atoms with Gasteiger partial charge in [0.25, 0.3) is 0 Å². The molecule has 1 heterocycles. The summed E-state index contributed by atoms with van der Waals surface area (Å²) in [5, 5.41) is 4.37. The number of halogens is 1. The largest absolute Gasteiger partial charge is 0.275 e. The van der Waals surface area contributed by atoms with Crippen LogP contribution in [0.4, 0.5) is 0 Å². The molecule has 0 spiro atoms. The van der Waals surface area contributed by atoms with Gasteiger partial charge in [0.2, 0.25) is 0 Å². The molecule has 0 radical (unpaired) electrons. The average molecular weight is 295 g/mol. The summed E-state index contributed by atoms with van der Waals surface area (Å²) < 4.78 is 2.87. The first-order valence-corrected chi connectivity index (χ1v) is 6.19. The van der Waals surface area contributed by atoms with Crippen LogP contribution in [-0.2, 0) is 13.5 Å². The van der Waals surface area contributed by atoms with Gasteiger partial charge in [0.1, 0.15) is 0 Å². The van der Waals surface area contributed by atoms with Crippen molar-refractivity contribution in [3.05, 3.63) is 52.3 Å². The summed E-state index contributed by atoms with van der Waals surface area (Å²) >= 11 is 3.54. The van der Waals surface area contributed by atoms with Crippen LogP contribution >= 0.6 is 15.9 Å². The molecule has 4 nitrogen and oxygen atoms in total. The second-order valence-corrected chi connectivity index (χ2v) is 4.78. The Hall–Kier alpha value is -1.17. The van der Waals surface area contributed by atoms with Crippen LogP contribution in [0.5, 0.6) is 0 Å². The van der Waals surface area contributed by atoms with Crippen molar-refractivity contribution in [2.75, 3.05) is 0 Å². The quantitative estimate of drug-likeness (QED) is 0.669. The van der Waals surface area contributed by atoms with Crippen molar-refractivity contribution >= 4 is 15.9 Å². The number of nitrogens with two attached hydrogens (primary N) is 1. The zero-order valence-corrected chi connectivity index (χ0v) is 11.2. The van der Waals surface area contributed by atoms with E-state index in [9.17, 15) is 0 Å². The molecule has 90 valence electrons. The van der Waals surface area contributed by atoms with Crippen molar-refractivity contribution in [1.82, 2.24) is 15.2 Å². The SMILES string of the molecule is Cn1ccc(C(Cc2ccccc2Br)NN)n1. The highest BCUT2D eigenvalue weighted by Crippen LogP contribution is 2.22. The van der Waals surface area contributed by atoms with Gasteiger partial charge in [0.15, 0.2) is 0 Å². The van der Waals surface area contributed by atoms with Crippen molar-refractivity contribution in [1.29, 1.82) is 0 Å². The molecular weight excluding hydrogens is 280 g/mol. The smallest absolute Gasteiger partial charge is 0.0810 e. The predicted molar refractivity (Wildman–Crippen MR) is 71.1 cm³/mol. The van der Waals surface area contributed by atoms with Crippen molar-refractivity contribution in [3.63, 3.8) is 0 Å². The Balaban J connectivity index is 2.18. The predicted octanol–water partition coefficient (Wildman–Crippen LogP) is 1.93. The number of hydrogen-bond acceptors (Lipinski definition) is 3. The van der Waals surface area contributed by atoms with Crippen molar-refractivity contribution in [3.8, 4) is 0 Å². The Kier molecular flexibility index (Phi) is 3.93. The molecule has 1 atom stereocenters. The number of nitrogens with one attached hydrogen (secondary N) is 1. The fourth-order valence-electron chi connectivity index (χ4n) is 1.75. The molecular formula is C12H15BrN4. The standard InChI is InChI=1S/C12H15BrN4/c1-17-7-6-11(16-17)12(15-14)8-9-4-2-3-5-10(9)13/h2-7,12,15H,8,14H2,1H3. The van der Waals surface area contributed by atoms with Crippen LogP contribution in [0.25, 0.3) is 0 Å². The lowest BCUT2D eigenvalue weighted by Crippen LogP contribution is -2.30. The van der Waals surface area contributed by atoms with E-state index in [2.05, 4.69) is 32.5 Å². The number of hydrazine groups is 1. The minimum atomic E-state index is 0.0231. The number of aryl methyl sites for hydroxylation is 1. The van der Waals surface area contributed by atoms with Crippen LogP contribution in [0.1, 0.15) is 17.3 Å². The molecule has 0 bridgehead atoms. The first-order valence-electron chi connectivity index (χ1n) is 5.40. The molecule has 1 aromatic carbocycles. The molecule has 0 aliphatic carbocycles. The van der Waals surface area contributed by atoms with E-state index in [1.165, 1.54) is 5.56 Å². The highest BCUT2D eigenvalue weighted by atomic mass is 79.9. The zero-order chi connectivity index (χ0) is 12.3. The summed E-state index contributed by atoms with van der Waals surface area (Å²) in [6, 6.07) is 10.1. The Morgan fingerprint density at radius 1 is 1.41 bits per heavy atom. The van der Waals surface area contributed by atoms with E-state index in [0.717, 1.165) is 16.6 Å². The van der Waals surface area contributed by atoms with Gasteiger partial charge in [-0.3, -0.25) is 16.0 Å². The van der Waals surface area contributed by atoms with Crippen LogP contribution in [0.2, 0.25) is 0 Å². The second kappa shape index (κ2) is 5.44. The summed E-state index contributed by atoms with van der Waals surface area (Å²) in [6.45, 7) is 0. The van der Waals surface area contributed by atoms with E-state index in [4.69, 9.17) is 5.84 Å². The van der Waals surface area contributed by atoms with E-state index in [1.54, 1.807) is 4.68 Å². The fourth-order valence-corrected chi connectivity index (χ4v) is 2.20. The summed E-state index contributed by atoms with van der Waals surface area (Å²) in [6.07, 6.45) is 2.72. The molecule has 1 aromatic heterocycles. The number of nitrogens with zero attached hydrogens (tertiary/aromatic N) is 2. The number of rotatable bonds is 4. The minimum absolute atomic E-state index is 0.0231. The number of aromatic nitrogens is 2. The Labute approximate surface area is 109 Å². The van der Waals surface area contributed by atoms with E-state index in [1.807, 2.05) is 37.5 Å². The summed E-state index contributed by atoms with van der Waals surface area (Å²) in [5.74, 6) is 5.60. The first kappa shape index (κ1) is 12.3. The van der Waals surface area contributed by atoms with Gasteiger partial charge in [-0.05, 0) is 24.1 Å². The average Bonchev–Trinajstić information content (AvgIpc) is 2.75. The molecule has 0 saturated heterocycles. The normalized spacial score (nSPS) is 12.6. The molecule has 17 heavy (non-hydrogen) atoms. The lowest BCUT2D eigenvalue weighted by Gasteiger charge is -2.14. The fraction of sp³-hybridized carbons (Fsp3) is 0.250. The molecule has 0 aliphatic rings. The Morgan fingerprint density at radius 3 is 2.76 bits per heavy atom. The third kappa shape index (κ3) is 2.94. The third-order valence-electron chi connectivity index (χ3n) is 2.67. The number of benzene rings is 1. The van der Waals surface area contributed by atoms with Gasteiger partial charge >= 0.3 is 0 Å². The van der Waals surface area contributed by atoms with E-state index in [0.29, 0.717) is 0 Å². The Bertz CT molecular complexity index is 495. The molecule has 0 saturated carbocycles. The molecule has 5 heteroatoms. The van der Waals surface area contributed by atoms with Crippen molar-refractivity contribution in [2.45, 2.75) is 12.5 Å². The second-order valence-electron chi connectivity index (χ2n) is 3.93. The van der Waals surface area contributed by atoms with E-state index in [-0.39, 0.29) is 6.04 Å². The molecule has 0 fully saturated rings. The molecule has 3 N–H and O–H groups in total. The van der Waals surface area contributed by atoms with Crippen molar-refractivity contribution in [2.24, 2.45) is 12.9 Å². The zero-order valence-electron chi connectivity index (χ0n) is 9.60. The lowest BCUT2D eigenvalue weighted by molar-refractivity contribution is 0.528. The Morgan fingerprint density at radius 2 is 2.18 bits per heavy atom. The number of hydrogen-bond donors (Lipinski definition) is 2. The molecule has 2 aromatic rings. The summed E-state index contributed by atoms with van der Waals surface area (Å²) in [7, 11) is 1.90. The maximum Gasteiger partial charge on any atom is 0.0810 e. The van der Waals surface area contributed by atoms with Crippen LogP contribution in [0.3, 0.4) is 0 Å². The lowest BCUT2D eigenvalue weighted by atomic mass is 10.0. The third-order valence-corrected chi connectivity index (χ3v) is 3.45. The van der Waals surface area contributed by atoms with Gasteiger partial charge in [-0.1, -0.05) is 34.1 Å². The monoisotopic (exact) mass is 294 g/mol. The van der Waals surface area contributed by atoms with Gasteiger partial charge in [-0.25, -0.2) is 0 Å². The molecule has 1 unspecified atom stereocenters. The maximum absolute atomic E-state index is 5.60.